The summed E-state index contributed by atoms with van der Waals surface area (Å²) in [6.07, 6.45) is 3.62. The molecule has 0 saturated heterocycles. The van der Waals surface area contributed by atoms with E-state index >= 15 is 0 Å². The molecule has 0 aliphatic rings. The van der Waals surface area contributed by atoms with E-state index in [2.05, 4.69) is 42.6 Å². The van der Waals surface area contributed by atoms with Crippen LogP contribution in [0.3, 0.4) is 0 Å². The highest BCUT2D eigenvalue weighted by molar-refractivity contribution is 5.65. The Hall–Kier alpha value is -1.45. The molecule has 15 heavy (non-hydrogen) atoms. The standard InChI is InChI=1S/C11H16N4/c1-7(2)9-5-12-10-11(14-9)15(6-13-10)8(3)4/h5-8H,1-4H3. The Bertz CT molecular complexity index is 470. The van der Waals surface area contributed by atoms with Gasteiger partial charge >= 0.3 is 0 Å². The van der Waals surface area contributed by atoms with Crippen molar-refractivity contribution in [3.8, 4) is 0 Å². The summed E-state index contributed by atoms with van der Waals surface area (Å²) in [6, 6.07) is 0.367. The summed E-state index contributed by atoms with van der Waals surface area (Å²) in [4.78, 5) is 13.1. The van der Waals surface area contributed by atoms with Crippen molar-refractivity contribution < 1.29 is 0 Å². The number of aromatic nitrogens is 4. The molecule has 0 bridgehead atoms. The third-order valence-corrected chi connectivity index (χ3v) is 2.45. The van der Waals surface area contributed by atoms with Gasteiger partial charge in [-0.05, 0) is 19.8 Å². The van der Waals surface area contributed by atoms with Gasteiger partial charge in [-0.15, -0.1) is 0 Å². The molecule has 2 aromatic rings. The molecule has 0 spiro atoms. The van der Waals surface area contributed by atoms with E-state index in [1.54, 1.807) is 6.33 Å². The number of nitrogens with zero attached hydrogens (tertiary/aromatic N) is 4. The van der Waals surface area contributed by atoms with Crippen LogP contribution in [0.1, 0.15) is 45.3 Å². The third kappa shape index (κ3) is 1.71. The maximum atomic E-state index is 4.59. The molecule has 0 aliphatic carbocycles. The Labute approximate surface area is 89.4 Å². The second kappa shape index (κ2) is 3.61. The van der Waals surface area contributed by atoms with Gasteiger partial charge in [-0.25, -0.2) is 15.0 Å². The fourth-order valence-electron chi connectivity index (χ4n) is 1.48. The quantitative estimate of drug-likeness (QED) is 0.755. The van der Waals surface area contributed by atoms with E-state index in [-0.39, 0.29) is 0 Å². The molecule has 80 valence electrons. The SMILES string of the molecule is CC(C)c1cnc2ncn(C(C)C)c2n1. The normalized spacial score (nSPS) is 11.9. The third-order valence-electron chi connectivity index (χ3n) is 2.45. The Morgan fingerprint density at radius 3 is 2.47 bits per heavy atom. The molecule has 0 fully saturated rings. The number of imidazole rings is 1. The zero-order valence-electron chi connectivity index (χ0n) is 9.60. The van der Waals surface area contributed by atoms with Crippen LogP contribution in [0.25, 0.3) is 11.3 Å². The summed E-state index contributed by atoms with van der Waals surface area (Å²) >= 11 is 0. The molecule has 0 radical (unpaired) electrons. The summed E-state index contributed by atoms with van der Waals surface area (Å²) in [5.74, 6) is 0.400. The fraction of sp³-hybridized carbons (Fsp3) is 0.545. The van der Waals surface area contributed by atoms with Crippen molar-refractivity contribution in [1.82, 2.24) is 19.5 Å². The zero-order chi connectivity index (χ0) is 11.0. The fourth-order valence-corrected chi connectivity index (χ4v) is 1.48. The molecule has 0 amide bonds. The van der Waals surface area contributed by atoms with Crippen LogP contribution in [-0.4, -0.2) is 19.5 Å². The molecule has 0 atom stereocenters. The predicted octanol–water partition coefficient (Wildman–Crippen LogP) is 2.53. The maximum Gasteiger partial charge on any atom is 0.197 e. The predicted molar refractivity (Wildman–Crippen MR) is 59.8 cm³/mol. The van der Waals surface area contributed by atoms with Crippen molar-refractivity contribution >= 4 is 11.3 Å². The lowest BCUT2D eigenvalue weighted by atomic mass is 10.1. The summed E-state index contributed by atoms with van der Waals surface area (Å²) in [6.45, 7) is 8.47. The second-order valence-corrected chi connectivity index (χ2v) is 4.34. The average molecular weight is 204 g/mol. The van der Waals surface area contributed by atoms with Crippen molar-refractivity contribution in [1.29, 1.82) is 0 Å². The van der Waals surface area contributed by atoms with Crippen LogP contribution in [0.2, 0.25) is 0 Å². The van der Waals surface area contributed by atoms with Crippen LogP contribution in [0.15, 0.2) is 12.5 Å². The molecule has 2 rings (SSSR count). The monoisotopic (exact) mass is 204 g/mol. The molecule has 0 aromatic carbocycles. The van der Waals surface area contributed by atoms with Crippen LogP contribution in [-0.2, 0) is 0 Å². The first-order valence-corrected chi connectivity index (χ1v) is 5.29. The summed E-state index contributed by atoms with van der Waals surface area (Å²) in [5.41, 5.74) is 2.63. The van der Waals surface area contributed by atoms with Crippen molar-refractivity contribution in [2.75, 3.05) is 0 Å². The number of hydrogen-bond acceptors (Lipinski definition) is 3. The van der Waals surface area contributed by atoms with Crippen molar-refractivity contribution in [2.24, 2.45) is 0 Å². The van der Waals surface area contributed by atoms with Crippen LogP contribution in [0, 0.1) is 0 Å². The molecule has 0 saturated carbocycles. The van der Waals surface area contributed by atoms with Crippen molar-refractivity contribution in [3.05, 3.63) is 18.2 Å². The van der Waals surface area contributed by atoms with E-state index < -0.39 is 0 Å². The van der Waals surface area contributed by atoms with E-state index in [4.69, 9.17) is 0 Å². The lowest BCUT2D eigenvalue weighted by Gasteiger charge is -2.08. The first-order chi connectivity index (χ1) is 7.09. The van der Waals surface area contributed by atoms with Crippen LogP contribution < -0.4 is 0 Å². The van der Waals surface area contributed by atoms with Gasteiger partial charge in [-0.1, -0.05) is 13.8 Å². The van der Waals surface area contributed by atoms with E-state index in [1.807, 2.05) is 10.8 Å². The van der Waals surface area contributed by atoms with E-state index in [9.17, 15) is 0 Å². The highest BCUT2D eigenvalue weighted by Crippen LogP contribution is 2.17. The van der Waals surface area contributed by atoms with Gasteiger partial charge in [0.15, 0.2) is 11.3 Å². The van der Waals surface area contributed by atoms with Gasteiger partial charge in [0, 0.05) is 6.04 Å². The van der Waals surface area contributed by atoms with Gasteiger partial charge < -0.3 is 4.57 Å². The van der Waals surface area contributed by atoms with E-state index in [0.29, 0.717) is 12.0 Å². The smallest absolute Gasteiger partial charge is 0.197 e. The van der Waals surface area contributed by atoms with Crippen LogP contribution in [0.4, 0.5) is 0 Å². The summed E-state index contributed by atoms with van der Waals surface area (Å²) in [5, 5.41) is 0. The first-order valence-electron chi connectivity index (χ1n) is 5.29. The zero-order valence-corrected chi connectivity index (χ0v) is 9.60. The van der Waals surface area contributed by atoms with Gasteiger partial charge in [-0.2, -0.15) is 0 Å². The topological polar surface area (TPSA) is 43.6 Å². The minimum atomic E-state index is 0.367. The second-order valence-electron chi connectivity index (χ2n) is 4.34. The van der Waals surface area contributed by atoms with E-state index in [1.165, 1.54) is 0 Å². The number of fused-ring (bicyclic) bond motifs is 1. The van der Waals surface area contributed by atoms with Crippen LogP contribution in [0.5, 0.6) is 0 Å². The van der Waals surface area contributed by atoms with Gasteiger partial charge in [0.05, 0.1) is 18.2 Å². The Balaban J connectivity index is 2.61. The molecule has 2 aromatic heterocycles. The van der Waals surface area contributed by atoms with Crippen molar-refractivity contribution in [3.63, 3.8) is 0 Å². The van der Waals surface area contributed by atoms with Gasteiger partial charge in [0.2, 0.25) is 0 Å². The molecule has 4 heteroatoms. The lowest BCUT2D eigenvalue weighted by Crippen LogP contribution is -2.02. The highest BCUT2D eigenvalue weighted by Gasteiger charge is 2.10. The molecule has 0 N–H and O–H groups in total. The maximum absolute atomic E-state index is 4.59. The Morgan fingerprint density at radius 2 is 1.87 bits per heavy atom. The molecule has 0 aliphatic heterocycles. The average Bonchev–Trinajstić information content (AvgIpc) is 2.59. The van der Waals surface area contributed by atoms with E-state index in [0.717, 1.165) is 17.0 Å². The van der Waals surface area contributed by atoms with Crippen molar-refractivity contribution in [2.45, 2.75) is 39.7 Å². The molecule has 4 nitrogen and oxygen atoms in total. The number of hydrogen-bond donors (Lipinski definition) is 0. The summed E-state index contributed by atoms with van der Waals surface area (Å²) < 4.78 is 2.05. The lowest BCUT2D eigenvalue weighted by molar-refractivity contribution is 0.611. The minimum Gasteiger partial charge on any atom is -0.311 e. The first kappa shape index (κ1) is 10.1. The molecule has 2 heterocycles. The number of rotatable bonds is 2. The Morgan fingerprint density at radius 1 is 1.13 bits per heavy atom. The molecule has 0 unspecified atom stereocenters. The van der Waals surface area contributed by atoms with Crippen LogP contribution >= 0.6 is 0 Å². The largest absolute Gasteiger partial charge is 0.311 e. The van der Waals surface area contributed by atoms with Gasteiger partial charge in [0.1, 0.15) is 0 Å². The molecular formula is C11H16N4. The van der Waals surface area contributed by atoms with Gasteiger partial charge in [0.25, 0.3) is 0 Å². The minimum absolute atomic E-state index is 0.367. The summed E-state index contributed by atoms with van der Waals surface area (Å²) in [7, 11) is 0. The molecular weight excluding hydrogens is 188 g/mol. The Kier molecular flexibility index (Phi) is 2.42. The highest BCUT2D eigenvalue weighted by atomic mass is 15.1. The van der Waals surface area contributed by atoms with Gasteiger partial charge in [-0.3, -0.25) is 0 Å².